The van der Waals surface area contributed by atoms with E-state index in [1.165, 1.54) is 0 Å². The van der Waals surface area contributed by atoms with E-state index in [0.29, 0.717) is 18.7 Å². The van der Waals surface area contributed by atoms with E-state index in [9.17, 15) is 14.4 Å². The zero-order valence-electron chi connectivity index (χ0n) is 18.4. The van der Waals surface area contributed by atoms with Crippen LogP contribution in [0.4, 0.5) is 0 Å². The minimum absolute atomic E-state index is 0.0328. The highest BCUT2D eigenvalue weighted by Crippen LogP contribution is 2.59. The van der Waals surface area contributed by atoms with Gasteiger partial charge in [0.25, 0.3) is 5.91 Å². The molecule has 1 aromatic heterocycles. The van der Waals surface area contributed by atoms with E-state index >= 15 is 0 Å². The third-order valence-electron chi connectivity index (χ3n) is 7.21. The number of halogens is 1. The van der Waals surface area contributed by atoms with Crippen LogP contribution in [-0.2, 0) is 9.59 Å². The van der Waals surface area contributed by atoms with E-state index < -0.39 is 6.04 Å². The summed E-state index contributed by atoms with van der Waals surface area (Å²) in [6.45, 7) is 6.66. The SMILES string of the molecule is CC(C)[C@@H](NC(=O)C1CC12CN(C(=O)c1cc3cn[nH]c3cc1Br)C2)C(=O)N1CCCC1. The summed E-state index contributed by atoms with van der Waals surface area (Å²) in [5.41, 5.74) is 1.34. The van der Waals surface area contributed by atoms with Crippen molar-refractivity contribution in [2.24, 2.45) is 17.3 Å². The molecular formula is C23H28BrN5O3. The van der Waals surface area contributed by atoms with Crippen LogP contribution in [0, 0.1) is 17.3 Å². The summed E-state index contributed by atoms with van der Waals surface area (Å²) < 4.78 is 0.727. The third kappa shape index (κ3) is 3.60. The van der Waals surface area contributed by atoms with Crippen LogP contribution in [-0.4, -0.2) is 69.9 Å². The van der Waals surface area contributed by atoms with Gasteiger partial charge in [-0.15, -0.1) is 0 Å². The van der Waals surface area contributed by atoms with Crippen molar-refractivity contribution in [3.63, 3.8) is 0 Å². The lowest BCUT2D eigenvalue weighted by molar-refractivity contribution is -0.137. The summed E-state index contributed by atoms with van der Waals surface area (Å²) in [4.78, 5) is 42.5. The summed E-state index contributed by atoms with van der Waals surface area (Å²) in [5.74, 6) is -0.147. The number of rotatable bonds is 5. The van der Waals surface area contributed by atoms with Crippen molar-refractivity contribution in [1.82, 2.24) is 25.3 Å². The Hall–Kier alpha value is -2.42. The van der Waals surface area contributed by atoms with Gasteiger partial charge >= 0.3 is 0 Å². The molecule has 2 aliphatic heterocycles. The van der Waals surface area contributed by atoms with Gasteiger partial charge in [0.15, 0.2) is 0 Å². The van der Waals surface area contributed by atoms with Crippen LogP contribution in [0.15, 0.2) is 22.8 Å². The second-order valence-electron chi connectivity index (χ2n) is 9.83. The molecular weight excluding hydrogens is 474 g/mol. The lowest BCUT2D eigenvalue weighted by atomic mass is 9.92. The number of hydrogen-bond acceptors (Lipinski definition) is 4. The summed E-state index contributed by atoms with van der Waals surface area (Å²) in [6.07, 6.45) is 4.53. The number of fused-ring (bicyclic) bond motifs is 1. The Labute approximate surface area is 195 Å². The number of H-pyrrole nitrogens is 1. The Kier molecular flexibility index (Phi) is 5.27. The lowest BCUT2D eigenvalue weighted by Gasteiger charge is -2.41. The second kappa shape index (κ2) is 7.86. The Bertz CT molecular complexity index is 1080. The number of nitrogens with one attached hydrogen (secondary N) is 2. The van der Waals surface area contributed by atoms with Crippen LogP contribution in [0.2, 0.25) is 0 Å². The molecule has 1 unspecified atom stereocenters. The number of aromatic nitrogens is 2. The fourth-order valence-corrected chi connectivity index (χ4v) is 5.64. The van der Waals surface area contributed by atoms with Gasteiger partial charge in [-0.25, -0.2) is 0 Å². The first kappa shape index (κ1) is 21.4. The van der Waals surface area contributed by atoms with Gasteiger partial charge in [0, 0.05) is 47.4 Å². The van der Waals surface area contributed by atoms with Gasteiger partial charge in [-0.05, 0) is 53.2 Å². The largest absolute Gasteiger partial charge is 0.344 e. The Morgan fingerprint density at radius 1 is 1.19 bits per heavy atom. The van der Waals surface area contributed by atoms with Crippen LogP contribution >= 0.6 is 15.9 Å². The van der Waals surface area contributed by atoms with Crippen LogP contribution in [0.25, 0.3) is 10.9 Å². The molecule has 2 N–H and O–H groups in total. The molecule has 1 aliphatic carbocycles. The molecule has 1 aromatic carbocycles. The van der Waals surface area contributed by atoms with Crippen LogP contribution in [0.5, 0.6) is 0 Å². The molecule has 1 spiro atoms. The molecule has 8 nitrogen and oxygen atoms in total. The van der Waals surface area contributed by atoms with Crippen molar-refractivity contribution in [3.8, 4) is 0 Å². The molecule has 2 saturated heterocycles. The maximum atomic E-state index is 13.0. The van der Waals surface area contributed by atoms with E-state index in [1.54, 1.807) is 11.1 Å². The van der Waals surface area contributed by atoms with Gasteiger partial charge in [-0.3, -0.25) is 19.5 Å². The number of carbonyl (C=O) groups is 3. The van der Waals surface area contributed by atoms with Crippen LogP contribution < -0.4 is 5.32 Å². The predicted molar refractivity (Wildman–Crippen MR) is 123 cm³/mol. The minimum Gasteiger partial charge on any atom is -0.344 e. The predicted octanol–water partition coefficient (Wildman–Crippen LogP) is 2.55. The molecule has 2 atom stereocenters. The zero-order chi connectivity index (χ0) is 22.6. The smallest absolute Gasteiger partial charge is 0.255 e. The fourth-order valence-electron chi connectivity index (χ4n) is 5.13. The van der Waals surface area contributed by atoms with Crippen molar-refractivity contribution >= 4 is 44.6 Å². The molecule has 3 heterocycles. The van der Waals surface area contributed by atoms with Gasteiger partial charge in [0.2, 0.25) is 11.8 Å². The molecule has 9 heteroatoms. The summed E-state index contributed by atoms with van der Waals surface area (Å²) >= 11 is 3.49. The number of aromatic amines is 1. The van der Waals surface area contributed by atoms with E-state index in [2.05, 4.69) is 31.4 Å². The average molecular weight is 502 g/mol. The van der Waals surface area contributed by atoms with Gasteiger partial charge in [-0.1, -0.05) is 13.8 Å². The van der Waals surface area contributed by atoms with Crippen molar-refractivity contribution in [3.05, 3.63) is 28.4 Å². The molecule has 0 bridgehead atoms. The minimum atomic E-state index is -0.478. The number of carbonyl (C=O) groups excluding carboxylic acids is 3. The monoisotopic (exact) mass is 501 g/mol. The number of likely N-dealkylation sites (tertiary alicyclic amines) is 2. The Morgan fingerprint density at radius 3 is 2.59 bits per heavy atom. The number of nitrogens with zero attached hydrogens (tertiary/aromatic N) is 3. The normalized spacial score (nSPS) is 22.3. The van der Waals surface area contributed by atoms with Crippen molar-refractivity contribution in [1.29, 1.82) is 0 Å². The fraction of sp³-hybridized carbons (Fsp3) is 0.565. The molecule has 3 amide bonds. The second-order valence-corrected chi connectivity index (χ2v) is 10.7. The van der Waals surface area contributed by atoms with Gasteiger partial charge < -0.3 is 15.1 Å². The number of hydrogen-bond donors (Lipinski definition) is 2. The van der Waals surface area contributed by atoms with Crippen molar-refractivity contribution in [2.75, 3.05) is 26.2 Å². The standard InChI is InChI=1S/C23H28BrN5O3/c1-13(2)19(22(32)28-5-3-4-6-28)26-20(30)16-9-23(16)11-29(12-23)21(31)15-7-14-10-25-27-18(14)8-17(15)24/h7-8,10,13,16,19H,3-6,9,11-12H2,1-2H3,(H,25,27)(H,26,30)/t16?,19-/m1/s1. The van der Waals surface area contributed by atoms with E-state index in [4.69, 9.17) is 0 Å². The molecule has 32 heavy (non-hydrogen) atoms. The van der Waals surface area contributed by atoms with Crippen LogP contribution in [0.3, 0.4) is 0 Å². The quantitative estimate of drug-likeness (QED) is 0.657. The molecule has 3 aliphatic rings. The highest BCUT2D eigenvalue weighted by atomic mass is 79.9. The Balaban J connectivity index is 1.20. The van der Waals surface area contributed by atoms with Crippen molar-refractivity contribution in [2.45, 2.75) is 39.2 Å². The summed E-state index contributed by atoms with van der Waals surface area (Å²) in [6, 6.07) is 3.22. The molecule has 170 valence electrons. The van der Waals surface area contributed by atoms with Crippen molar-refractivity contribution < 1.29 is 14.4 Å². The zero-order valence-corrected chi connectivity index (χ0v) is 19.9. The van der Waals surface area contributed by atoms with Gasteiger partial charge in [0.05, 0.1) is 17.3 Å². The number of amides is 3. The summed E-state index contributed by atoms with van der Waals surface area (Å²) in [5, 5.41) is 10.8. The topological polar surface area (TPSA) is 98.4 Å². The van der Waals surface area contributed by atoms with E-state index in [1.807, 2.05) is 30.9 Å². The molecule has 3 fully saturated rings. The maximum absolute atomic E-state index is 13.0. The third-order valence-corrected chi connectivity index (χ3v) is 7.87. The summed E-state index contributed by atoms with van der Waals surface area (Å²) in [7, 11) is 0. The highest BCUT2D eigenvalue weighted by Gasteiger charge is 2.65. The molecule has 2 aromatic rings. The lowest BCUT2D eigenvalue weighted by Crippen LogP contribution is -2.55. The van der Waals surface area contributed by atoms with Crippen LogP contribution in [0.1, 0.15) is 43.5 Å². The Morgan fingerprint density at radius 2 is 1.91 bits per heavy atom. The first-order chi connectivity index (χ1) is 15.3. The van der Waals surface area contributed by atoms with Gasteiger partial charge in [0.1, 0.15) is 6.04 Å². The first-order valence-electron chi connectivity index (χ1n) is 11.3. The van der Waals surface area contributed by atoms with E-state index in [-0.39, 0.29) is 35.0 Å². The van der Waals surface area contributed by atoms with Gasteiger partial charge in [-0.2, -0.15) is 5.10 Å². The molecule has 5 rings (SSSR count). The average Bonchev–Trinajstić information content (AvgIpc) is 3.05. The molecule has 1 saturated carbocycles. The maximum Gasteiger partial charge on any atom is 0.255 e. The number of benzene rings is 1. The van der Waals surface area contributed by atoms with E-state index in [0.717, 1.165) is 47.7 Å². The molecule has 0 radical (unpaired) electrons. The first-order valence-corrected chi connectivity index (χ1v) is 12.1. The highest BCUT2D eigenvalue weighted by molar-refractivity contribution is 9.10.